The molecule has 2 rings (SSSR count). The molecule has 15 heavy (non-hydrogen) atoms. The molecule has 1 atom stereocenters. The Hall–Kier alpha value is -1.03. The lowest BCUT2D eigenvalue weighted by atomic mass is 10.3. The van der Waals surface area contributed by atoms with Gasteiger partial charge in [-0.25, -0.2) is 4.68 Å². The quantitative estimate of drug-likeness (QED) is 0.743. The van der Waals surface area contributed by atoms with Gasteiger partial charge in [-0.1, -0.05) is 13.8 Å². The predicted octanol–water partition coefficient (Wildman–Crippen LogP) is 1.53. The molecule has 1 fully saturated rings. The second kappa shape index (κ2) is 5.75. The van der Waals surface area contributed by atoms with E-state index >= 15 is 0 Å². The van der Waals surface area contributed by atoms with Gasteiger partial charge < -0.3 is 9.64 Å². The maximum atomic E-state index is 5.78. The predicted molar refractivity (Wildman–Crippen MR) is 61.1 cm³/mol. The average Bonchev–Trinajstić information content (AvgIpc) is 2.81. The third-order valence-corrected chi connectivity index (χ3v) is 2.41. The fourth-order valence-electron chi connectivity index (χ4n) is 1.64. The van der Waals surface area contributed by atoms with E-state index in [-0.39, 0.29) is 0 Å². The first-order chi connectivity index (χ1) is 7.25. The molecule has 1 aliphatic rings. The number of hydrogen-bond acceptors (Lipinski definition) is 3. The molecule has 0 spiro atoms. The van der Waals surface area contributed by atoms with Crippen molar-refractivity contribution in [1.82, 2.24) is 14.7 Å². The SMILES string of the molecule is CC.CN1CCC(Oc2ccnn2C)C1. The number of nitrogens with zero attached hydrogens (tertiary/aromatic N) is 3. The van der Waals surface area contributed by atoms with Crippen molar-refractivity contribution in [1.29, 1.82) is 0 Å². The molecule has 1 saturated heterocycles. The van der Waals surface area contributed by atoms with E-state index in [1.165, 1.54) is 0 Å². The fraction of sp³-hybridized carbons (Fsp3) is 0.727. The van der Waals surface area contributed by atoms with Crippen molar-refractivity contribution in [3.63, 3.8) is 0 Å². The van der Waals surface area contributed by atoms with Gasteiger partial charge in [0.1, 0.15) is 6.10 Å². The topological polar surface area (TPSA) is 30.3 Å². The minimum Gasteiger partial charge on any atom is -0.473 e. The fourth-order valence-corrected chi connectivity index (χ4v) is 1.64. The van der Waals surface area contributed by atoms with Crippen molar-refractivity contribution in [2.24, 2.45) is 7.05 Å². The van der Waals surface area contributed by atoms with Crippen LogP contribution in [0, 0.1) is 0 Å². The van der Waals surface area contributed by atoms with Gasteiger partial charge in [0, 0.05) is 26.2 Å². The summed E-state index contributed by atoms with van der Waals surface area (Å²) in [6.07, 6.45) is 3.20. The van der Waals surface area contributed by atoms with Crippen LogP contribution < -0.4 is 4.74 Å². The summed E-state index contributed by atoms with van der Waals surface area (Å²) in [5, 5.41) is 4.06. The van der Waals surface area contributed by atoms with Crippen LogP contribution in [0.2, 0.25) is 0 Å². The zero-order valence-electron chi connectivity index (χ0n) is 10.1. The normalized spacial score (nSPS) is 20.9. The average molecular weight is 211 g/mol. The van der Waals surface area contributed by atoms with Crippen molar-refractivity contribution in [2.75, 3.05) is 20.1 Å². The first kappa shape index (κ1) is 12.0. The standard InChI is InChI=1S/C9H15N3O.C2H6/c1-11-6-4-8(7-11)13-9-3-5-10-12(9)2;1-2/h3,5,8H,4,6-7H2,1-2H3;1-2H3. The Morgan fingerprint density at radius 2 is 2.13 bits per heavy atom. The molecule has 4 nitrogen and oxygen atoms in total. The summed E-state index contributed by atoms with van der Waals surface area (Å²) in [6.45, 7) is 6.15. The van der Waals surface area contributed by atoms with E-state index in [1.807, 2.05) is 27.0 Å². The second-order valence-electron chi connectivity index (χ2n) is 3.58. The van der Waals surface area contributed by atoms with E-state index in [0.717, 1.165) is 25.4 Å². The number of aryl methyl sites for hydroxylation is 1. The van der Waals surface area contributed by atoms with Gasteiger partial charge in [-0.2, -0.15) is 5.10 Å². The molecule has 0 bridgehead atoms. The van der Waals surface area contributed by atoms with E-state index in [2.05, 4.69) is 17.0 Å². The van der Waals surface area contributed by atoms with Crippen molar-refractivity contribution in [3.05, 3.63) is 12.3 Å². The maximum Gasteiger partial charge on any atom is 0.211 e. The Bertz CT molecular complexity index is 285. The largest absolute Gasteiger partial charge is 0.473 e. The Kier molecular flexibility index (Phi) is 4.62. The molecule has 0 aromatic carbocycles. The number of ether oxygens (including phenoxy) is 1. The van der Waals surface area contributed by atoms with Crippen molar-refractivity contribution in [2.45, 2.75) is 26.4 Å². The summed E-state index contributed by atoms with van der Waals surface area (Å²) < 4.78 is 7.54. The van der Waals surface area contributed by atoms with Gasteiger partial charge in [-0.3, -0.25) is 0 Å². The van der Waals surface area contributed by atoms with Crippen LogP contribution in [0.5, 0.6) is 5.88 Å². The molecule has 1 unspecified atom stereocenters. The lowest BCUT2D eigenvalue weighted by Crippen LogP contribution is -2.22. The van der Waals surface area contributed by atoms with Gasteiger partial charge in [0.05, 0.1) is 6.20 Å². The van der Waals surface area contributed by atoms with Crippen molar-refractivity contribution in [3.8, 4) is 5.88 Å². The Labute approximate surface area is 91.8 Å². The summed E-state index contributed by atoms with van der Waals surface area (Å²) in [5.74, 6) is 0.861. The van der Waals surface area contributed by atoms with Crippen LogP contribution in [-0.2, 0) is 7.05 Å². The summed E-state index contributed by atoms with van der Waals surface area (Å²) in [7, 11) is 4.01. The second-order valence-corrected chi connectivity index (χ2v) is 3.58. The first-order valence-corrected chi connectivity index (χ1v) is 5.59. The first-order valence-electron chi connectivity index (χ1n) is 5.59. The smallest absolute Gasteiger partial charge is 0.211 e. The van der Waals surface area contributed by atoms with Gasteiger partial charge in [0.2, 0.25) is 5.88 Å². The Morgan fingerprint density at radius 1 is 1.40 bits per heavy atom. The minimum absolute atomic E-state index is 0.334. The molecule has 0 amide bonds. The Balaban J connectivity index is 0.000000531. The molecule has 2 heterocycles. The number of aromatic nitrogens is 2. The number of rotatable bonds is 2. The van der Waals surface area contributed by atoms with Crippen LogP contribution in [0.25, 0.3) is 0 Å². The maximum absolute atomic E-state index is 5.78. The molecule has 86 valence electrons. The lowest BCUT2D eigenvalue weighted by molar-refractivity contribution is 0.191. The monoisotopic (exact) mass is 211 g/mol. The Morgan fingerprint density at radius 3 is 2.60 bits per heavy atom. The number of likely N-dealkylation sites (N-methyl/N-ethyl adjacent to an activating group) is 1. The van der Waals surface area contributed by atoms with Gasteiger partial charge in [0.15, 0.2) is 0 Å². The van der Waals surface area contributed by atoms with Crippen LogP contribution in [0.4, 0.5) is 0 Å². The number of likely N-dealkylation sites (tertiary alicyclic amines) is 1. The molecule has 1 aliphatic heterocycles. The van der Waals surface area contributed by atoms with Gasteiger partial charge in [0.25, 0.3) is 0 Å². The lowest BCUT2D eigenvalue weighted by Gasteiger charge is -2.12. The summed E-state index contributed by atoms with van der Waals surface area (Å²) in [4.78, 5) is 2.28. The highest BCUT2D eigenvalue weighted by Crippen LogP contribution is 2.15. The summed E-state index contributed by atoms with van der Waals surface area (Å²) >= 11 is 0. The third-order valence-electron chi connectivity index (χ3n) is 2.41. The molecule has 0 radical (unpaired) electrons. The summed E-state index contributed by atoms with van der Waals surface area (Å²) in [6, 6.07) is 1.90. The van der Waals surface area contributed by atoms with Crippen LogP contribution in [-0.4, -0.2) is 40.9 Å². The molecular weight excluding hydrogens is 190 g/mol. The number of hydrogen-bond donors (Lipinski definition) is 0. The van der Waals surface area contributed by atoms with Crippen molar-refractivity contribution >= 4 is 0 Å². The van der Waals surface area contributed by atoms with E-state index in [4.69, 9.17) is 4.74 Å². The van der Waals surface area contributed by atoms with Gasteiger partial charge in [-0.05, 0) is 13.5 Å². The molecule has 1 aromatic heterocycles. The van der Waals surface area contributed by atoms with E-state index in [1.54, 1.807) is 10.9 Å². The van der Waals surface area contributed by atoms with Gasteiger partial charge in [-0.15, -0.1) is 0 Å². The van der Waals surface area contributed by atoms with Crippen LogP contribution >= 0.6 is 0 Å². The van der Waals surface area contributed by atoms with Crippen LogP contribution in [0.3, 0.4) is 0 Å². The molecule has 0 saturated carbocycles. The molecular formula is C11H21N3O. The summed E-state index contributed by atoms with van der Waals surface area (Å²) in [5.41, 5.74) is 0. The highest BCUT2D eigenvalue weighted by atomic mass is 16.5. The minimum atomic E-state index is 0.334. The van der Waals surface area contributed by atoms with Crippen LogP contribution in [0.15, 0.2) is 12.3 Å². The highest BCUT2D eigenvalue weighted by molar-refractivity contribution is 5.07. The third kappa shape index (κ3) is 3.23. The zero-order chi connectivity index (χ0) is 11.3. The van der Waals surface area contributed by atoms with Crippen LogP contribution in [0.1, 0.15) is 20.3 Å². The molecule has 4 heteroatoms. The zero-order valence-corrected chi connectivity index (χ0v) is 10.1. The molecule has 0 N–H and O–H groups in total. The van der Waals surface area contributed by atoms with E-state index in [0.29, 0.717) is 6.10 Å². The molecule has 1 aromatic rings. The van der Waals surface area contributed by atoms with Crippen molar-refractivity contribution < 1.29 is 4.74 Å². The van der Waals surface area contributed by atoms with E-state index < -0.39 is 0 Å². The van der Waals surface area contributed by atoms with Gasteiger partial charge >= 0.3 is 0 Å². The highest BCUT2D eigenvalue weighted by Gasteiger charge is 2.21. The van der Waals surface area contributed by atoms with E-state index in [9.17, 15) is 0 Å². The molecule has 0 aliphatic carbocycles.